The molecule has 3 atom stereocenters. The fraction of sp³-hybridized carbons (Fsp3) is 0.625. The number of anilines is 1. The largest absolute Gasteiger partial charge is 0.368 e. The molecule has 2 nitrogen and oxygen atoms in total. The fourth-order valence-electron chi connectivity index (χ4n) is 2.96. The van der Waals surface area contributed by atoms with E-state index in [1.165, 1.54) is 24.1 Å². The highest BCUT2D eigenvalue weighted by molar-refractivity contribution is 6.31. The molecule has 0 radical (unpaired) electrons. The van der Waals surface area contributed by atoms with Crippen molar-refractivity contribution in [1.82, 2.24) is 0 Å². The second-order valence-corrected chi connectivity index (χ2v) is 6.51. The van der Waals surface area contributed by atoms with Crippen LogP contribution in [0.4, 0.5) is 5.69 Å². The topological polar surface area (TPSA) is 29.3 Å². The van der Waals surface area contributed by atoms with E-state index in [0.29, 0.717) is 6.04 Å². The van der Waals surface area contributed by atoms with Crippen molar-refractivity contribution in [2.24, 2.45) is 11.7 Å². The van der Waals surface area contributed by atoms with Gasteiger partial charge in [-0.05, 0) is 56.7 Å². The maximum Gasteiger partial charge on any atom is 0.0459 e. The smallest absolute Gasteiger partial charge is 0.0459 e. The molecule has 0 bridgehead atoms. The molecule has 1 fully saturated rings. The van der Waals surface area contributed by atoms with Crippen LogP contribution >= 0.6 is 11.6 Å². The van der Waals surface area contributed by atoms with Gasteiger partial charge in [-0.2, -0.15) is 0 Å². The van der Waals surface area contributed by atoms with Crippen LogP contribution in [-0.4, -0.2) is 18.6 Å². The predicted molar refractivity (Wildman–Crippen MR) is 84.0 cm³/mol. The van der Waals surface area contributed by atoms with Gasteiger partial charge in [0.25, 0.3) is 0 Å². The summed E-state index contributed by atoms with van der Waals surface area (Å²) in [4.78, 5) is 2.51. The van der Waals surface area contributed by atoms with Crippen molar-refractivity contribution in [3.05, 3.63) is 28.8 Å². The molecule has 0 aromatic heterocycles. The van der Waals surface area contributed by atoms with Crippen molar-refractivity contribution in [1.29, 1.82) is 0 Å². The molecule has 106 valence electrons. The molecule has 2 rings (SSSR count). The van der Waals surface area contributed by atoms with Gasteiger partial charge in [-0.1, -0.05) is 24.6 Å². The molecular weight excluding hydrogens is 256 g/mol. The zero-order chi connectivity index (χ0) is 14.0. The van der Waals surface area contributed by atoms with E-state index < -0.39 is 0 Å². The van der Waals surface area contributed by atoms with Crippen molar-refractivity contribution in [2.45, 2.75) is 52.1 Å². The van der Waals surface area contributed by atoms with Crippen LogP contribution < -0.4 is 10.6 Å². The number of nitrogens with two attached hydrogens (primary N) is 1. The average Bonchev–Trinajstić information content (AvgIpc) is 2.34. The number of hydrogen-bond donors (Lipinski definition) is 1. The van der Waals surface area contributed by atoms with Crippen molar-refractivity contribution in [3.63, 3.8) is 0 Å². The van der Waals surface area contributed by atoms with Gasteiger partial charge in [0.1, 0.15) is 0 Å². The molecule has 1 aliphatic heterocycles. The van der Waals surface area contributed by atoms with E-state index in [2.05, 4.69) is 24.8 Å². The fourth-order valence-corrected chi connectivity index (χ4v) is 3.21. The first-order valence-electron chi connectivity index (χ1n) is 7.28. The van der Waals surface area contributed by atoms with Gasteiger partial charge in [0.2, 0.25) is 0 Å². The monoisotopic (exact) mass is 280 g/mol. The quantitative estimate of drug-likeness (QED) is 0.911. The summed E-state index contributed by atoms with van der Waals surface area (Å²) in [5.41, 5.74) is 8.47. The normalized spacial score (nSPS) is 25.4. The molecule has 0 saturated carbocycles. The van der Waals surface area contributed by atoms with E-state index in [9.17, 15) is 0 Å². The molecule has 3 heteroatoms. The van der Waals surface area contributed by atoms with Crippen LogP contribution in [0.5, 0.6) is 0 Å². The van der Waals surface area contributed by atoms with Crippen LogP contribution in [0.2, 0.25) is 5.02 Å². The number of benzene rings is 1. The van der Waals surface area contributed by atoms with Crippen LogP contribution in [0.25, 0.3) is 0 Å². The summed E-state index contributed by atoms with van der Waals surface area (Å²) >= 11 is 6.39. The Morgan fingerprint density at radius 2 is 2.11 bits per heavy atom. The van der Waals surface area contributed by atoms with Crippen LogP contribution in [-0.2, 0) is 6.42 Å². The minimum absolute atomic E-state index is 0.135. The zero-order valence-corrected chi connectivity index (χ0v) is 13.0. The summed E-state index contributed by atoms with van der Waals surface area (Å²) in [6, 6.07) is 6.94. The lowest BCUT2D eigenvalue weighted by Gasteiger charge is -2.40. The Kier molecular flexibility index (Phi) is 4.75. The highest BCUT2D eigenvalue weighted by atomic mass is 35.5. The van der Waals surface area contributed by atoms with Gasteiger partial charge in [-0.3, -0.25) is 0 Å². The molecule has 1 aromatic rings. The Bertz CT molecular complexity index is 431. The van der Waals surface area contributed by atoms with E-state index >= 15 is 0 Å². The van der Waals surface area contributed by atoms with Crippen LogP contribution in [0.3, 0.4) is 0 Å². The number of nitrogens with zero attached hydrogens (tertiary/aromatic N) is 1. The van der Waals surface area contributed by atoms with Crippen LogP contribution in [0, 0.1) is 5.92 Å². The number of hydrogen-bond acceptors (Lipinski definition) is 2. The zero-order valence-electron chi connectivity index (χ0n) is 12.2. The molecule has 1 aliphatic rings. The Labute approximate surface area is 121 Å². The van der Waals surface area contributed by atoms with Gasteiger partial charge in [-0.15, -0.1) is 0 Å². The summed E-state index contributed by atoms with van der Waals surface area (Å²) in [6.07, 6.45) is 3.42. The Balaban J connectivity index is 2.34. The van der Waals surface area contributed by atoms with Gasteiger partial charge in [0.05, 0.1) is 0 Å². The molecule has 0 spiro atoms. The van der Waals surface area contributed by atoms with Gasteiger partial charge in [0, 0.05) is 29.3 Å². The second kappa shape index (κ2) is 6.15. The molecule has 1 heterocycles. The third-order valence-corrected chi connectivity index (χ3v) is 4.40. The van der Waals surface area contributed by atoms with E-state index in [1.807, 2.05) is 19.1 Å². The van der Waals surface area contributed by atoms with Crippen LogP contribution in [0.1, 0.15) is 39.2 Å². The maximum atomic E-state index is 6.39. The second-order valence-electron chi connectivity index (χ2n) is 6.10. The summed E-state index contributed by atoms with van der Waals surface area (Å²) < 4.78 is 0. The maximum absolute atomic E-state index is 6.39. The van der Waals surface area contributed by atoms with Crippen molar-refractivity contribution in [3.8, 4) is 0 Å². The lowest BCUT2D eigenvalue weighted by Crippen LogP contribution is -2.41. The molecule has 1 saturated heterocycles. The predicted octanol–water partition coefficient (Wildman–Crippen LogP) is 3.85. The van der Waals surface area contributed by atoms with E-state index in [4.69, 9.17) is 17.3 Å². The minimum Gasteiger partial charge on any atom is -0.368 e. The lowest BCUT2D eigenvalue weighted by atomic mass is 9.93. The first kappa shape index (κ1) is 14.7. The minimum atomic E-state index is 0.135. The van der Waals surface area contributed by atoms with E-state index in [-0.39, 0.29) is 6.04 Å². The summed E-state index contributed by atoms with van der Waals surface area (Å²) in [7, 11) is 0. The Hall–Kier alpha value is -0.730. The van der Waals surface area contributed by atoms with Crippen LogP contribution in [0.15, 0.2) is 18.2 Å². The molecule has 19 heavy (non-hydrogen) atoms. The third-order valence-electron chi connectivity index (χ3n) is 4.05. The summed E-state index contributed by atoms with van der Waals surface area (Å²) in [6.45, 7) is 7.79. The highest BCUT2D eigenvalue weighted by Gasteiger charge is 2.25. The first-order valence-corrected chi connectivity index (χ1v) is 7.66. The van der Waals surface area contributed by atoms with Crippen molar-refractivity contribution < 1.29 is 0 Å². The van der Waals surface area contributed by atoms with Gasteiger partial charge < -0.3 is 10.6 Å². The first-order chi connectivity index (χ1) is 8.99. The average molecular weight is 281 g/mol. The molecular formula is C16H25ClN2. The van der Waals surface area contributed by atoms with E-state index in [0.717, 1.165) is 23.9 Å². The molecule has 0 amide bonds. The lowest BCUT2D eigenvalue weighted by molar-refractivity contribution is 0.389. The molecule has 1 aromatic carbocycles. The Morgan fingerprint density at radius 3 is 2.79 bits per heavy atom. The number of rotatable bonds is 3. The van der Waals surface area contributed by atoms with Crippen molar-refractivity contribution in [2.75, 3.05) is 11.4 Å². The highest BCUT2D eigenvalue weighted by Crippen LogP contribution is 2.34. The van der Waals surface area contributed by atoms with Gasteiger partial charge in [-0.25, -0.2) is 0 Å². The Morgan fingerprint density at radius 1 is 1.37 bits per heavy atom. The third kappa shape index (κ3) is 3.43. The summed E-state index contributed by atoms with van der Waals surface area (Å²) in [5, 5.41) is 0.847. The molecule has 3 unspecified atom stereocenters. The number of halogens is 1. The number of piperidine rings is 1. The van der Waals surface area contributed by atoms with Crippen molar-refractivity contribution >= 4 is 17.3 Å². The molecule has 2 N–H and O–H groups in total. The SMILES string of the molecule is CC(N)Cc1c(Cl)cccc1N1CC(C)CCC1C. The standard InChI is InChI=1S/C16H25ClN2/c1-11-7-8-13(3)19(10-11)16-6-4-5-15(17)14(16)9-12(2)18/h4-6,11-13H,7-10,18H2,1-3H3. The molecule has 0 aliphatic carbocycles. The van der Waals surface area contributed by atoms with Gasteiger partial charge >= 0.3 is 0 Å². The van der Waals surface area contributed by atoms with Gasteiger partial charge in [0.15, 0.2) is 0 Å². The van der Waals surface area contributed by atoms with E-state index in [1.54, 1.807) is 0 Å². The summed E-state index contributed by atoms with van der Waals surface area (Å²) in [5.74, 6) is 0.748.